The van der Waals surface area contributed by atoms with Gasteiger partial charge in [-0.15, -0.1) is 0 Å². The number of aliphatic carboxylic acids is 1. The number of methoxy groups -OCH3 is 1. The summed E-state index contributed by atoms with van der Waals surface area (Å²) in [5, 5.41) is 10.6. The largest absolute Gasteiger partial charge is 0.480 e. The van der Waals surface area contributed by atoms with Crippen LogP contribution in [0.25, 0.3) is 0 Å². The van der Waals surface area contributed by atoms with Crippen molar-refractivity contribution >= 4 is 23.7 Å². The first-order valence-electron chi connectivity index (χ1n) is 15.2. The SMILES string of the molecule is C/C=C/CCCCCC1C=C2C34OC(=O)[C@]2(C(=O)O)CC(C(=O)OC)C(=O)C3C1C[C@H](C1(CC/C=C/C)OCCO1)O4. The zero-order valence-electron chi connectivity index (χ0n) is 24.7. The number of esters is 2. The number of ether oxygens (including phenoxy) is 5. The van der Waals surface area contributed by atoms with Gasteiger partial charge in [-0.2, -0.15) is 0 Å². The van der Waals surface area contributed by atoms with Crippen LogP contribution in [0.2, 0.25) is 0 Å². The van der Waals surface area contributed by atoms with Crippen LogP contribution < -0.4 is 0 Å². The van der Waals surface area contributed by atoms with Gasteiger partial charge in [0, 0.05) is 12.0 Å². The number of carbonyl (C=O) groups is 4. The van der Waals surface area contributed by atoms with Crippen LogP contribution in [0.4, 0.5) is 0 Å². The summed E-state index contributed by atoms with van der Waals surface area (Å²) in [6.45, 7) is 4.64. The van der Waals surface area contributed by atoms with Crippen LogP contribution in [-0.4, -0.2) is 66.8 Å². The van der Waals surface area contributed by atoms with Crippen molar-refractivity contribution in [3.05, 3.63) is 36.0 Å². The maximum atomic E-state index is 14.3. The maximum absolute atomic E-state index is 14.3. The molecule has 230 valence electrons. The minimum atomic E-state index is -2.24. The molecule has 0 aromatic rings. The zero-order valence-corrected chi connectivity index (χ0v) is 24.7. The second-order valence-electron chi connectivity index (χ2n) is 12.0. The summed E-state index contributed by atoms with van der Waals surface area (Å²) in [7, 11) is 1.15. The molecule has 0 aromatic heterocycles. The van der Waals surface area contributed by atoms with Crippen LogP contribution >= 0.6 is 0 Å². The molecule has 4 fully saturated rings. The first-order chi connectivity index (χ1) is 20.2. The number of hydrogen-bond acceptors (Lipinski definition) is 9. The molecule has 3 saturated heterocycles. The Morgan fingerprint density at radius 3 is 2.45 bits per heavy atom. The quantitative estimate of drug-likeness (QED) is 0.153. The molecule has 42 heavy (non-hydrogen) atoms. The monoisotopic (exact) mass is 586 g/mol. The molecular weight excluding hydrogens is 544 g/mol. The van der Waals surface area contributed by atoms with Crippen LogP contribution in [0.3, 0.4) is 0 Å². The zero-order chi connectivity index (χ0) is 30.1. The Labute approximate surface area is 246 Å². The van der Waals surface area contributed by atoms with Gasteiger partial charge < -0.3 is 28.8 Å². The third kappa shape index (κ3) is 4.75. The van der Waals surface area contributed by atoms with Crippen molar-refractivity contribution in [2.24, 2.45) is 29.1 Å². The number of carboxylic acid groups (broad SMARTS) is 1. The van der Waals surface area contributed by atoms with Gasteiger partial charge in [0.05, 0.1) is 26.2 Å². The van der Waals surface area contributed by atoms with Gasteiger partial charge in [0.25, 0.3) is 0 Å². The molecular formula is C32H42O10. The highest BCUT2D eigenvalue weighted by atomic mass is 16.8. The van der Waals surface area contributed by atoms with Crippen LogP contribution in [0.5, 0.6) is 0 Å². The minimum absolute atomic E-state index is 0.124. The lowest BCUT2D eigenvalue weighted by atomic mass is 9.60. The fourth-order valence-electron chi connectivity index (χ4n) is 7.83. The van der Waals surface area contributed by atoms with Gasteiger partial charge in [-0.05, 0) is 64.2 Å². The van der Waals surface area contributed by atoms with E-state index in [0.29, 0.717) is 38.9 Å². The molecule has 1 spiro atoms. The normalized spacial score (nSPS) is 36.6. The summed E-state index contributed by atoms with van der Waals surface area (Å²) in [5.74, 6) is -10.0. The Kier molecular flexibility index (Phi) is 8.79. The molecule has 1 saturated carbocycles. The average molecular weight is 587 g/mol. The van der Waals surface area contributed by atoms with Crippen LogP contribution in [-0.2, 0) is 42.9 Å². The molecule has 5 aliphatic rings. The first-order valence-corrected chi connectivity index (χ1v) is 15.2. The third-order valence-electron chi connectivity index (χ3n) is 9.82. The molecule has 2 aliphatic carbocycles. The summed E-state index contributed by atoms with van der Waals surface area (Å²) in [6.07, 6.45) is 14.6. The molecule has 0 aromatic carbocycles. The predicted octanol–water partition coefficient (Wildman–Crippen LogP) is 4.28. The lowest BCUT2D eigenvalue weighted by Gasteiger charge is -2.54. The lowest BCUT2D eigenvalue weighted by Crippen LogP contribution is -2.64. The molecule has 3 heterocycles. The number of rotatable bonds is 12. The summed E-state index contributed by atoms with van der Waals surface area (Å²) in [6, 6.07) is 0. The number of carboxylic acids is 1. The van der Waals surface area contributed by atoms with Crippen LogP contribution in [0, 0.1) is 29.1 Å². The Morgan fingerprint density at radius 1 is 1.07 bits per heavy atom. The van der Waals surface area contributed by atoms with Crippen molar-refractivity contribution in [2.45, 2.75) is 89.3 Å². The number of allylic oxidation sites excluding steroid dienone is 5. The third-order valence-corrected chi connectivity index (χ3v) is 9.82. The smallest absolute Gasteiger partial charge is 0.330 e. The second kappa shape index (κ2) is 12.1. The van der Waals surface area contributed by atoms with Crippen molar-refractivity contribution in [3.63, 3.8) is 0 Å². The molecule has 7 atom stereocenters. The lowest BCUT2D eigenvalue weighted by molar-refractivity contribution is -0.337. The fraction of sp³-hybridized carbons (Fsp3) is 0.688. The standard InChI is InChI=1S/C32H42O10/c1-4-6-8-9-10-11-13-20-17-23-30(28(35)36)19-22(27(34)38-3)26(33)25-21(20)18-24(41-32(23,25)42-29(30)37)31(14-12-7-5-2)39-15-16-40-31/h4-7,17,20-22,24-25H,8-16,18-19H2,1-3H3,(H,35,36)/b6-4+,7-5+/t20?,21?,22?,24-,25?,30-,32?/m1/s1. The Balaban J connectivity index is 1.60. The van der Waals surface area contributed by atoms with Crippen molar-refractivity contribution in [2.75, 3.05) is 20.3 Å². The van der Waals surface area contributed by atoms with E-state index in [1.54, 1.807) is 0 Å². The van der Waals surface area contributed by atoms with E-state index in [2.05, 4.69) is 6.08 Å². The molecule has 10 heteroatoms. The van der Waals surface area contributed by atoms with E-state index >= 15 is 0 Å². The molecule has 5 rings (SSSR count). The molecule has 0 amide bonds. The second-order valence-corrected chi connectivity index (χ2v) is 12.0. The highest BCUT2D eigenvalue weighted by Gasteiger charge is 2.78. The van der Waals surface area contributed by atoms with Crippen LogP contribution in [0.15, 0.2) is 36.0 Å². The maximum Gasteiger partial charge on any atom is 0.330 e. The van der Waals surface area contributed by atoms with Gasteiger partial charge in [0.2, 0.25) is 5.79 Å². The molecule has 1 N–H and O–H groups in total. The number of ketones is 1. The van der Waals surface area contributed by atoms with E-state index in [0.717, 1.165) is 32.8 Å². The Bertz CT molecular complexity index is 1180. The Hall–Kier alpha value is -2.82. The molecule has 10 nitrogen and oxygen atoms in total. The van der Waals surface area contributed by atoms with Crippen molar-refractivity contribution in [1.29, 1.82) is 0 Å². The van der Waals surface area contributed by atoms with Gasteiger partial charge in [-0.1, -0.05) is 43.2 Å². The van der Waals surface area contributed by atoms with Crippen molar-refractivity contribution in [3.8, 4) is 0 Å². The summed E-state index contributed by atoms with van der Waals surface area (Å²) in [5.41, 5.74) is -2.12. The van der Waals surface area contributed by atoms with Gasteiger partial charge in [-0.3, -0.25) is 19.2 Å². The summed E-state index contributed by atoms with van der Waals surface area (Å²) in [4.78, 5) is 53.9. The molecule has 5 unspecified atom stereocenters. The number of Topliss-reactive ketones (excluding diaryl/α,β-unsaturated/α-hetero) is 1. The van der Waals surface area contributed by atoms with E-state index in [9.17, 15) is 24.3 Å². The van der Waals surface area contributed by atoms with E-state index in [4.69, 9.17) is 23.7 Å². The van der Waals surface area contributed by atoms with E-state index in [1.165, 1.54) is 0 Å². The van der Waals surface area contributed by atoms with Crippen molar-refractivity contribution < 1.29 is 48.0 Å². The predicted molar refractivity (Wildman–Crippen MR) is 149 cm³/mol. The molecule has 5 bridgehead atoms. The first kappa shape index (κ1) is 30.6. The number of carbonyl (C=O) groups excluding carboxylic acids is 3. The molecule has 3 aliphatic heterocycles. The van der Waals surface area contributed by atoms with Gasteiger partial charge >= 0.3 is 17.9 Å². The number of unbranched alkanes of at least 4 members (excludes halogenated alkanes) is 3. The van der Waals surface area contributed by atoms with Crippen LogP contribution in [0.1, 0.15) is 71.6 Å². The minimum Gasteiger partial charge on any atom is -0.480 e. The van der Waals surface area contributed by atoms with Gasteiger partial charge in [0.1, 0.15) is 12.0 Å². The fourth-order valence-corrected chi connectivity index (χ4v) is 7.83. The van der Waals surface area contributed by atoms with E-state index < -0.39 is 65.0 Å². The average Bonchev–Trinajstić information content (AvgIpc) is 3.52. The Morgan fingerprint density at radius 2 is 1.79 bits per heavy atom. The highest BCUT2D eigenvalue weighted by molar-refractivity contribution is 6.11. The topological polar surface area (TPSA) is 135 Å². The molecule has 0 radical (unpaired) electrons. The van der Waals surface area contributed by atoms with Crippen molar-refractivity contribution in [1.82, 2.24) is 0 Å². The van der Waals surface area contributed by atoms with E-state index in [1.807, 2.05) is 38.2 Å². The number of hydrogen-bond donors (Lipinski definition) is 1. The van der Waals surface area contributed by atoms with Gasteiger partial charge in [0.15, 0.2) is 17.0 Å². The van der Waals surface area contributed by atoms with Gasteiger partial charge in [-0.25, -0.2) is 0 Å². The van der Waals surface area contributed by atoms with E-state index in [-0.39, 0.29) is 17.4 Å². The summed E-state index contributed by atoms with van der Waals surface area (Å²) < 4.78 is 30.0. The highest BCUT2D eigenvalue weighted by Crippen LogP contribution is 2.65. The summed E-state index contributed by atoms with van der Waals surface area (Å²) >= 11 is 0.